The highest BCUT2D eigenvalue weighted by Crippen LogP contribution is 1.93. The van der Waals surface area contributed by atoms with Gasteiger partial charge in [0, 0.05) is 0 Å². The van der Waals surface area contributed by atoms with E-state index in [1.165, 1.54) is 0 Å². The molecular formula is C8H12BFO4. The van der Waals surface area contributed by atoms with Crippen molar-refractivity contribution in [1.82, 2.24) is 0 Å². The van der Waals surface area contributed by atoms with Gasteiger partial charge in [-0.2, -0.15) is 0 Å². The van der Waals surface area contributed by atoms with Crippen LogP contribution in [0.3, 0.4) is 0 Å². The lowest BCUT2D eigenvalue weighted by Crippen LogP contribution is -2.34. The molecule has 0 heterocycles. The van der Waals surface area contributed by atoms with Gasteiger partial charge in [-0.05, 0) is 5.46 Å². The first-order valence-electron chi connectivity index (χ1n) is 3.52. The van der Waals surface area contributed by atoms with Crippen molar-refractivity contribution in [2.75, 3.05) is 7.11 Å². The fraction of sp³-hybridized carbons (Fsp3) is 0.125. The summed E-state index contributed by atoms with van der Waals surface area (Å²) >= 11 is 0. The Labute approximate surface area is 81.4 Å². The molecule has 0 unspecified atom stereocenters. The van der Waals surface area contributed by atoms with Gasteiger partial charge < -0.3 is 20.0 Å². The molecule has 1 aromatic rings. The van der Waals surface area contributed by atoms with Crippen LogP contribution in [0.15, 0.2) is 30.3 Å². The number of methoxy groups -OCH3 is 1. The zero-order chi connectivity index (χ0) is 8.97. The van der Waals surface area contributed by atoms with Gasteiger partial charge in [0.1, 0.15) is 0 Å². The van der Waals surface area contributed by atoms with E-state index in [0.29, 0.717) is 5.46 Å². The van der Waals surface area contributed by atoms with Crippen molar-refractivity contribution < 1.29 is 24.8 Å². The number of carbonyl (C=O) groups is 1. The van der Waals surface area contributed by atoms with Crippen LogP contribution in [-0.2, 0) is 4.74 Å². The van der Waals surface area contributed by atoms with Crippen LogP contribution in [0.1, 0.15) is 0 Å². The van der Waals surface area contributed by atoms with Crippen LogP contribution >= 0.6 is 0 Å². The fourth-order valence-electron chi connectivity index (χ4n) is 0.862. The molecule has 14 heavy (non-hydrogen) atoms. The molecule has 0 saturated heterocycles. The highest BCUT2D eigenvalue weighted by atomic mass is 19.1. The summed E-state index contributed by atoms with van der Waals surface area (Å²) in [4.78, 5) is 10.7. The SMILES string of the molecule is COC(=O)B(F)c1ccccc1.O.O. The number of carbonyl (C=O) groups excluding carboxylic acids is 1. The van der Waals surface area contributed by atoms with E-state index in [2.05, 4.69) is 4.74 Å². The molecule has 0 amide bonds. The highest BCUT2D eigenvalue weighted by molar-refractivity contribution is 6.93. The monoisotopic (exact) mass is 202 g/mol. The van der Waals surface area contributed by atoms with Crippen LogP contribution in [0, 0.1) is 0 Å². The molecule has 0 bridgehead atoms. The van der Waals surface area contributed by atoms with Gasteiger partial charge in [-0.3, -0.25) is 4.79 Å². The third kappa shape index (κ3) is 3.55. The molecule has 0 aliphatic carbocycles. The third-order valence-corrected chi connectivity index (χ3v) is 1.50. The minimum atomic E-state index is -1.67. The van der Waals surface area contributed by atoms with E-state index in [1.54, 1.807) is 30.3 Å². The van der Waals surface area contributed by atoms with Crippen molar-refractivity contribution >= 4 is 18.3 Å². The molecule has 1 rings (SSSR count). The van der Waals surface area contributed by atoms with Crippen molar-refractivity contribution in [2.24, 2.45) is 0 Å². The zero-order valence-electron chi connectivity index (χ0n) is 7.66. The van der Waals surface area contributed by atoms with Crippen LogP contribution in [0.5, 0.6) is 0 Å². The summed E-state index contributed by atoms with van der Waals surface area (Å²) in [5.41, 5.74) is 0.323. The van der Waals surface area contributed by atoms with Crippen molar-refractivity contribution in [1.29, 1.82) is 0 Å². The van der Waals surface area contributed by atoms with E-state index >= 15 is 0 Å². The van der Waals surface area contributed by atoms with E-state index in [4.69, 9.17) is 0 Å². The second-order valence-corrected chi connectivity index (χ2v) is 2.30. The highest BCUT2D eigenvalue weighted by Gasteiger charge is 2.27. The van der Waals surface area contributed by atoms with E-state index in [1.807, 2.05) is 0 Å². The fourth-order valence-corrected chi connectivity index (χ4v) is 0.862. The molecule has 0 saturated carbocycles. The lowest BCUT2D eigenvalue weighted by Gasteiger charge is -2.00. The molecule has 4 N–H and O–H groups in total. The predicted molar refractivity (Wildman–Crippen MR) is 52.6 cm³/mol. The second-order valence-electron chi connectivity index (χ2n) is 2.30. The van der Waals surface area contributed by atoms with Crippen molar-refractivity contribution in [3.8, 4) is 0 Å². The predicted octanol–water partition coefficient (Wildman–Crippen LogP) is -0.447. The number of ether oxygens (including phenoxy) is 1. The minimum absolute atomic E-state index is 0. The van der Waals surface area contributed by atoms with Crippen LogP contribution in [-0.4, -0.2) is 30.9 Å². The maximum Gasteiger partial charge on any atom is 0.504 e. The maximum atomic E-state index is 13.1. The van der Waals surface area contributed by atoms with Crippen molar-refractivity contribution in [3.63, 3.8) is 0 Å². The van der Waals surface area contributed by atoms with Gasteiger partial charge >= 0.3 is 12.9 Å². The van der Waals surface area contributed by atoms with E-state index in [0.717, 1.165) is 7.11 Å². The summed E-state index contributed by atoms with van der Waals surface area (Å²) in [7, 11) is 1.16. The van der Waals surface area contributed by atoms with Crippen LogP contribution < -0.4 is 5.46 Å². The number of halogens is 1. The average Bonchev–Trinajstić information content (AvgIpc) is 2.17. The first-order valence-corrected chi connectivity index (χ1v) is 3.52. The van der Waals surface area contributed by atoms with Gasteiger partial charge in [-0.25, -0.2) is 0 Å². The summed E-state index contributed by atoms with van der Waals surface area (Å²) < 4.78 is 17.3. The molecule has 6 heteroatoms. The zero-order valence-corrected chi connectivity index (χ0v) is 7.66. The number of hydrogen-bond acceptors (Lipinski definition) is 2. The molecule has 0 aliphatic heterocycles. The van der Waals surface area contributed by atoms with Gasteiger partial charge in [-0.1, -0.05) is 30.3 Å². The van der Waals surface area contributed by atoms with Crippen LogP contribution in [0.2, 0.25) is 0 Å². The Bertz CT molecular complexity index is 267. The average molecular weight is 202 g/mol. The Morgan fingerprint density at radius 3 is 2.21 bits per heavy atom. The molecule has 1 aromatic carbocycles. The van der Waals surface area contributed by atoms with Crippen molar-refractivity contribution in [3.05, 3.63) is 30.3 Å². The Kier molecular flexibility index (Phi) is 7.60. The summed E-state index contributed by atoms with van der Waals surface area (Å²) in [5.74, 6) is -0.860. The van der Waals surface area contributed by atoms with Gasteiger partial charge in [0.25, 0.3) is 0 Å². The topological polar surface area (TPSA) is 89.3 Å². The Balaban J connectivity index is 0. The molecule has 0 aliphatic rings. The van der Waals surface area contributed by atoms with Crippen LogP contribution in [0.4, 0.5) is 9.11 Å². The van der Waals surface area contributed by atoms with Crippen LogP contribution in [0.25, 0.3) is 0 Å². The summed E-state index contributed by atoms with van der Waals surface area (Å²) in [6.07, 6.45) is 0. The molecular weight excluding hydrogens is 190 g/mol. The van der Waals surface area contributed by atoms with Gasteiger partial charge in [-0.15, -0.1) is 0 Å². The first-order chi connectivity index (χ1) is 5.75. The number of rotatable bonds is 2. The summed E-state index contributed by atoms with van der Waals surface area (Å²) in [6.45, 7) is -1.67. The molecule has 0 spiro atoms. The smallest absolute Gasteiger partial charge is 0.474 e. The second kappa shape index (κ2) is 7.05. The third-order valence-electron chi connectivity index (χ3n) is 1.50. The normalized spacial score (nSPS) is 7.86. The molecule has 78 valence electrons. The first kappa shape index (κ1) is 15.1. The number of hydrogen-bond donors (Lipinski definition) is 0. The lowest BCUT2D eigenvalue weighted by atomic mass is 9.65. The molecule has 0 radical (unpaired) electrons. The maximum absolute atomic E-state index is 13.1. The van der Waals surface area contributed by atoms with Crippen molar-refractivity contribution in [2.45, 2.75) is 0 Å². The Morgan fingerprint density at radius 1 is 1.29 bits per heavy atom. The molecule has 0 atom stereocenters. The number of benzene rings is 1. The quantitative estimate of drug-likeness (QED) is 0.608. The molecule has 0 fully saturated rings. The van der Waals surface area contributed by atoms with E-state index in [9.17, 15) is 9.11 Å². The molecule has 0 aromatic heterocycles. The van der Waals surface area contributed by atoms with Gasteiger partial charge in [0.15, 0.2) is 0 Å². The summed E-state index contributed by atoms with van der Waals surface area (Å²) in [5, 5.41) is 0. The van der Waals surface area contributed by atoms with E-state index in [-0.39, 0.29) is 11.0 Å². The Hall–Kier alpha value is -1.40. The lowest BCUT2D eigenvalue weighted by molar-refractivity contribution is 0.195. The summed E-state index contributed by atoms with van der Waals surface area (Å²) in [6, 6.07) is 8.19. The van der Waals surface area contributed by atoms with E-state index < -0.39 is 12.9 Å². The largest absolute Gasteiger partial charge is 0.504 e. The molecule has 4 nitrogen and oxygen atoms in total. The Morgan fingerprint density at radius 2 is 1.79 bits per heavy atom. The standard InChI is InChI=1S/C8H8BFO2.2H2O/c1-12-8(11)9(10)7-5-3-2-4-6-7;;/h2-6H,1H3;2*1H2. The van der Waals surface area contributed by atoms with Gasteiger partial charge in [0.05, 0.1) is 7.11 Å². The minimum Gasteiger partial charge on any atom is -0.474 e. The van der Waals surface area contributed by atoms with Gasteiger partial charge in [0.2, 0.25) is 0 Å².